The van der Waals surface area contributed by atoms with Gasteiger partial charge >= 0.3 is 0 Å². The van der Waals surface area contributed by atoms with E-state index in [1.54, 1.807) is 61.7 Å². The number of aliphatic hydroxyl groups is 3. The Labute approximate surface area is 669 Å². The van der Waals surface area contributed by atoms with E-state index < -0.39 is 179 Å². The predicted molar refractivity (Wildman–Crippen MR) is 434 cm³/mol. The smallest absolute Gasteiger partial charge is 0.245 e. The first-order valence-corrected chi connectivity index (χ1v) is 42.4. The molecule has 638 valence electrons. The van der Waals surface area contributed by atoms with Crippen molar-refractivity contribution in [3.8, 4) is 0 Å². The van der Waals surface area contributed by atoms with Crippen molar-refractivity contribution in [2.75, 3.05) is 38.2 Å². The molecule has 2 aromatic carbocycles. The van der Waals surface area contributed by atoms with Crippen LogP contribution in [0, 0.1) is 10.8 Å². The molecule has 1 aliphatic rings. The molecule has 25 N–H and O–H groups in total. The van der Waals surface area contributed by atoms with Gasteiger partial charge in [-0.15, -0.1) is 0 Å². The summed E-state index contributed by atoms with van der Waals surface area (Å²) in [6, 6.07) is 0.184. The zero-order valence-electron chi connectivity index (χ0n) is 66.7. The zero-order chi connectivity index (χ0) is 84.0. The standard InChI is InChI=1S/C78H129N19O16S/c1-5-7-9-10-11-12-13-14-15-16-17-18-22-38-65(101)88-63(49-98)75(110)91-57(36-26-28-43-85-77(80)81)72(107)97-66(50(3)99)76(111)94-56(33-8-6-2)68(103)92-59-39-40-64(100)84-42-27-25-35-55(67(79)102)89-74(109)62(47-52-48-87-54-34-24-23-32-53(52)54)96-69(104)58(37-29-44-86-78(82)83)90-73(108)61(46-51-30-20-19-21-31-51)95-71(106)60(93-70(59)105)41-45-114(4,112)113/h19-21,23-24,30-32,34,48,50,55-63,66,76,87,94,98-99,111H,5-18,22,25-29,33,35-47,49H2,1-4H3,(H2,79,102)(H,84,100)(H,88,101)(H,89,109)(H,90,108)(H,91,110)(H,92,103)(H,93,105)(H,95,106)(H,96,104)(H,97,107)(H4,80,81,85)(H4,82,83,86)/t50?,55-,56-,57-,58-,59-,60-,61+,62-,63-,66-,76-/m0/s1. The van der Waals surface area contributed by atoms with Crippen LogP contribution in [-0.2, 0) is 75.4 Å². The van der Waals surface area contributed by atoms with Crippen LogP contribution < -0.4 is 86.3 Å². The Balaban J connectivity index is 1.67. The van der Waals surface area contributed by atoms with Crippen LogP contribution in [0.4, 0.5) is 0 Å². The van der Waals surface area contributed by atoms with Gasteiger partial charge in [-0.1, -0.05) is 152 Å². The molecule has 0 bridgehead atoms. The SMILES string of the molecule is CCCCCCCCCCCCCCCC(=O)N[C@@H](CO)C(=O)N[C@@H](CCCCNC(=N)N)C(=O)N[C@@H](C(C)O)[C@H](O)N[C@@H](CCCC)C(=O)N[C@H]1CCC(=O)NCCCC[C@@H](C(N)=O)NC(=O)[C@H](Cc2c[nH]c3ccccc23)NC(=O)[C@H](CCCNC(=N)N)NC(=O)[C@@H](Cc2ccccc2)NC(=O)[C@H](CCS(C)(=O)=O)NC1=O. The number of sulfone groups is 1. The van der Waals surface area contributed by atoms with Crippen molar-refractivity contribution in [3.05, 3.63) is 71.9 Å². The van der Waals surface area contributed by atoms with Crippen LogP contribution in [0.25, 0.3) is 10.9 Å². The highest BCUT2D eigenvalue weighted by Gasteiger charge is 2.38. The number of nitrogens with one attached hydrogen (secondary N) is 16. The van der Waals surface area contributed by atoms with E-state index in [0.717, 1.165) is 38.4 Å². The molecule has 3 aromatic rings. The first-order valence-electron chi connectivity index (χ1n) is 40.4. The average molecular weight is 1620 g/mol. The summed E-state index contributed by atoms with van der Waals surface area (Å²) in [5.41, 5.74) is 18.7. The van der Waals surface area contributed by atoms with Gasteiger partial charge in [0.15, 0.2) is 11.9 Å². The molecule has 1 aromatic heterocycles. The van der Waals surface area contributed by atoms with Crippen LogP contribution in [0.15, 0.2) is 60.8 Å². The molecule has 11 amide bonds. The summed E-state index contributed by atoms with van der Waals surface area (Å²) in [5.74, 6) is -11.2. The lowest BCUT2D eigenvalue weighted by molar-refractivity contribution is -0.136. The quantitative estimate of drug-likeness (QED) is 0.0159. The second kappa shape index (κ2) is 53.5. The van der Waals surface area contributed by atoms with Crippen molar-refractivity contribution in [2.24, 2.45) is 17.2 Å². The number of hydrogen-bond donors (Lipinski definition) is 22. The normalized spacial score (nSPS) is 19.5. The molecule has 0 saturated carbocycles. The van der Waals surface area contributed by atoms with E-state index >= 15 is 0 Å². The first kappa shape index (κ1) is 96.8. The summed E-state index contributed by atoms with van der Waals surface area (Å²) in [4.78, 5) is 161. The molecule has 1 saturated heterocycles. The number of carbonyl (C=O) groups excluding carboxylic acids is 11. The fourth-order valence-corrected chi connectivity index (χ4v) is 13.8. The lowest BCUT2D eigenvalue weighted by Crippen LogP contribution is -2.63. The number of aliphatic hydroxyl groups excluding tert-OH is 3. The molecule has 1 aliphatic heterocycles. The maximum Gasteiger partial charge on any atom is 0.245 e. The molecule has 0 spiro atoms. The summed E-state index contributed by atoms with van der Waals surface area (Å²) in [6.07, 6.45) is 12.9. The highest BCUT2D eigenvalue weighted by Crippen LogP contribution is 2.21. The second-order valence-electron chi connectivity index (χ2n) is 29.6. The number of H-pyrrole nitrogens is 1. The molecule has 36 heteroatoms. The Hall–Kier alpha value is -9.52. The Bertz CT molecular complexity index is 3650. The molecule has 35 nitrogen and oxygen atoms in total. The third-order valence-electron chi connectivity index (χ3n) is 19.8. The van der Waals surface area contributed by atoms with Gasteiger partial charge in [0.1, 0.15) is 64.4 Å². The number of unbranched alkanes of at least 4 members (excludes halogenated alkanes) is 14. The third-order valence-corrected chi connectivity index (χ3v) is 20.8. The maximum absolute atomic E-state index is 15.0. The summed E-state index contributed by atoms with van der Waals surface area (Å²) >= 11 is 0. The zero-order valence-corrected chi connectivity index (χ0v) is 67.6. The average Bonchev–Trinajstić information content (AvgIpc) is 1.63. The summed E-state index contributed by atoms with van der Waals surface area (Å²) in [5, 5.41) is 84.0. The van der Waals surface area contributed by atoms with Gasteiger partial charge in [0.2, 0.25) is 65.0 Å². The molecule has 1 unspecified atom stereocenters. The van der Waals surface area contributed by atoms with Gasteiger partial charge in [-0.3, -0.25) is 68.9 Å². The summed E-state index contributed by atoms with van der Waals surface area (Å²) in [7, 11) is -3.92. The van der Waals surface area contributed by atoms with Gasteiger partial charge in [0, 0.05) is 68.7 Å². The number of primary amides is 1. The van der Waals surface area contributed by atoms with Gasteiger partial charge < -0.3 is 101 Å². The van der Waals surface area contributed by atoms with Crippen LogP contribution in [0.3, 0.4) is 0 Å². The fraction of sp³-hybridized carbons (Fsp3) is 0.654. The second-order valence-corrected chi connectivity index (χ2v) is 31.8. The van der Waals surface area contributed by atoms with Crippen molar-refractivity contribution >= 4 is 97.6 Å². The Kier molecular flexibility index (Phi) is 45.5. The number of aromatic nitrogens is 1. The van der Waals surface area contributed by atoms with E-state index in [-0.39, 0.29) is 102 Å². The minimum atomic E-state index is -3.92. The van der Waals surface area contributed by atoms with Crippen LogP contribution in [0.2, 0.25) is 0 Å². The number of hydrogen-bond acceptors (Lipinski definition) is 19. The van der Waals surface area contributed by atoms with Crippen molar-refractivity contribution < 1.29 is 76.5 Å². The van der Waals surface area contributed by atoms with Crippen LogP contribution >= 0.6 is 0 Å². The summed E-state index contributed by atoms with van der Waals surface area (Å²) < 4.78 is 25.8. The van der Waals surface area contributed by atoms with Gasteiger partial charge in [-0.05, 0) is 101 Å². The third kappa shape index (κ3) is 38.5. The Morgan fingerprint density at radius 2 is 1.12 bits per heavy atom. The monoisotopic (exact) mass is 1620 g/mol. The fourth-order valence-electron chi connectivity index (χ4n) is 13.2. The van der Waals surface area contributed by atoms with Crippen molar-refractivity contribution in [1.29, 1.82) is 10.8 Å². The topological polar surface area (TPSA) is 581 Å². The molecular weight excluding hydrogens is 1490 g/mol. The first-order chi connectivity index (χ1) is 54.4. The van der Waals surface area contributed by atoms with Crippen molar-refractivity contribution in [3.63, 3.8) is 0 Å². The lowest BCUT2D eigenvalue weighted by Gasteiger charge is -2.32. The minimum absolute atomic E-state index is 0.0117. The van der Waals surface area contributed by atoms with Gasteiger partial charge in [-0.2, -0.15) is 0 Å². The predicted octanol–water partition coefficient (Wildman–Crippen LogP) is 0.554. The number of para-hydroxylation sites is 1. The number of aromatic amines is 1. The number of fused-ring (bicyclic) bond motifs is 1. The van der Waals surface area contributed by atoms with Gasteiger partial charge in [0.05, 0.1) is 30.5 Å². The molecule has 114 heavy (non-hydrogen) atoms. The Morgan fingerprint density at radius 1 is 0.579 bits per heavy atom. The van der Waals surface area contributed by atoms with Crippen LogP contribution in [-0.4, -0.2) is 217 Å². The number of benzene rings is 2. The molecular formula is C78H129N19O16S. The van der Waals surface area contributed by atoms with E-state index in [1.807, 2.05) is 6.07 Å². The van der Waals surface area contributed by atoms with Crippen molar-refractivity contribution in [1.82, 2.24) is 74.1 Å². The molecule has 2 heterocycles. The molecule has 4 rings (SSSR count). The number of guanidine groups is 2. The number of rotatable bonds is 46. The maximum atomic E-state index is 15.0. The van der Waals surface area contributed by atoms with E-state index in [9.17, 15) is 76.5 Å². The largest absolute Gasteiger partial charge is 0.394 e. The van der Waals surface area contributed by atoms with Gasteiger partial charge in [0.25, 0.3) is 0 Å². The van der Waals surface area contributed by atoms with E-state index in [1.165, 1.54) is 51.9 Å². The molecule has 12 atom stereocenters. The number of carbonyl (C=O) groups is 11. The highest BCUT2D eigenvalue weighted by atomic mass is 32.2. The van der Waals surface area contributed by atoms with E-state index in [2.05, 4.69) is 81.0 Å². The minimum Gasteiger partial charge on any atom is -0.394 e. The number of amides is 11. The lowest BCUT2D eigenvalue weighted by atomic mass is 10.0. The van der Waals surface area contributed by atoms with E-state index in [0.29, 0.717) is 47.7 Å². The van der Waals surface area contributed by atoms with Gasteiger partial charge in [-0.25, -0.2) is 8.42 Å². The van der Waals surface area contributed by atoms with E-state index in [4.69, 9.17) is 28.0 Å². The molecule has 0 aliphatic carbocycles. The molecule has 1 fully saturated rings. The Morgan fingerprint density at radius 3 is 1.73 bits per heavy atom. The van der Waals surface area contributed by atoms with Crippen LogP contribution in [0.5, 0.6) is 0 Å². The summed E-state index contributed by atoms with van der Waals surface area (Å²) in [6.45, 7) is 4.65. The molecule has 0 radical (unpaired) electrons. The van der Waals surface area contributed by atoms with Crippen LogP contribution in [0.1, 0.15) is 212 Å². The van der Waals surface area contributed by atoms with Crippen molar-refractivity contribution in [2.45, 2.75) is 286 Å². The number of nitrogens with two attached hydrogens (primary N) is 3. The highest BCUT2D eigenvalue weighted by molar-refractivity contribution is 7.90.